The standard InChI is InChI=1S/C13H27NS/c1-15-13-9-4-2-3-6-10-14-11-7-5-8-12-14/h2-13H2,1H3. The van der Waals surface area contributed by atoms with Gasteiger partial charge in [0, 0.05) is 0 Å². The molecule has 0 unspecified atom stereocenters. The first kappa shape index (κ1) is 13.4. The molecule has 15 heavy (non-hydrogen) atoms. The molecule has 0 aromatic rings. The molecule has 0 spiro atoms. The first-order valence-corrected chi connectivity index (χ1v) is 8.04. The van der Waals surface area contributed by atoms with Crippen LogP contribution in [0.2, 0.25) is 0 Å². The third-order valence-corrected chi connectivity index (χ3v) is 3.97. The van der Waals surface area contributed by atoms with E-state index >= 15 is 0 Å². The van der Waals surface area contributed by atoms with Crippen LogP contribution in [0, 0.1) is 0 Å². The summed E-state index contributed by atoms with van der Waals surface area (Å²) in [6.45, 7) is 4.10. The molecule has 0 aliphatic carbocycles. The average Bonchev–Trinajstić information content (AvgIpc) is 2.29. The Morgan fingerprint density at radius 1 is 0.867 bits per heavy atom. The van der Waals surface area contributed by atoms with Gasteiger partial charge in [0.2, 0.25) is 0 Å². The summed E-state index contributed by atoms with van der Waals surface area (Å²) in [6.07, 6.45) is 13.7. The predicted octanol–water partition coefficient (Wildman–Crippen LogP) is 3.79. The van der Waals surface area contributed by atoms with E-state index in [-0.39, 0.29) is 0 Å². The molecular formula is C13H27NS. The van der Waals surface area contributed by atoms with Crippen LogP contribution in [0.3, 0.4) is 0 Å². The second-order valence-electron chi connectivity index (χ2n) is 4.66. The highest BCUT2D eigenvalue weighted by molar-refractivity contribution is 7.98. The zero-order valence-electron chi connectivity index (χ0n) is 10.3. The van der Waals surface area contributed by atoms with Gasteiger partial charge in [-0.2, -0.15) is 11.8 Å². The molecule has 0 N–H and O–H groups in total. The van der Waals surface area contributed by atoms with Crippen LogP contribution in [0.15, 0.2) is 0 Å². The number of unbranched alkanes of at least 4 members (excludes halogenated alkanes) is 4. The van der Waals surface area contributed by atoms with Gasteiger partial charge in [-0.3, -0.25) is 0 Å². The number of nitrogens with zero attached hydrogens (tertiary/aromatic N) is 1. The second-order valence-corrected chi connectivity index (χ2v) is 5.65. The molecule has 1 heterocycles. The number of piperidine rings is 1. The maximum absolute atomic E-state index is 2.66. The van der Waals surface area contributed by atoms with E-state index in [9.17, 15) is 0 Å². The van der Waals surface area contributed by atoms with Crippen molar-refractivity contribution >= 4 is 11.8 Å². The van der Waals surface area contributed by atoms with Crippen molar-refractivity contribution in [3.63, 3.8) is 0 Å². The average molecular weight is 229 g/mol. The Kier molecular flexibility index (Phi) is 8.50. The molecular weight excluding hydrogens is 202 g/mol. The van der Waals surface area contributed by atoms with Crippen LogP contribution in [-0.2, 0) is 0 Å². The maximum atomic E-state index is 2.66. The third kappa shape index (κ3) is 7.24. The van der Waals surface area contributed by atoms with Crippen molar-refractivity contribution in [3.05, 3.63) is 0 Å². The molecule has 0 radical (unpaired) electrons. The minimum atomic E-state index is 1.35. The first-order valence-electron chi connectivity index (χ1n) is 6.65. The van der Waals surface area contributed by atoms with E-state index in [1.165, 1.54) is 76.8 Å². The topological polar surface area (TPSA) is 3.24 Å². The largest absolute Gasteiger partial charge is 0.303 e. The van der Waals surface area contributed by atoms with Crippen molar-refractivity contribution in [2.75, 3.05) is 31.6 Å². The van der Waals surface area contributed by atoms with E-state index in [0.717, 1.165) is 0 Å². The van der Waals surface area contributed by atoms with Crippen molar-refractivity contribution in [1.82, 2.24) is 4.90 Å². The van der Waals surface area contributed by atoms with Crippen LogP contribution < -0.4 is 0 Å². The van der Waals surface area contributed by atoms with Gasteiger partial charge < -0.3 is 4.90 Å². The Labute approximate surface area is 100.0 Å². The summed E-state index contributed by atoms with van der Waals surface area (Å²) in [4.78, 5) is 2.66. The van der Waals surface area contributed by atoms with Crippen LogP contribution in [0.1, 0.15) is 51.4 Å². The van der Waals surface area contributed by atoms with E-state index in [1.807, 2.05) is 11.8 Å². The molecule has 1 aliphatic heterocycles. The first-order chi connectivity index (χ1) is 7.43. The number of hydrogen-bond donors (Lipinski definition) is 0. The van der Waals surface area contributed by atoms with Gasteiger partial charge in [0.15, 0.2) is 0 Å². The highest BCUT2D eigenvalue weighted by Gasteiger charge is 2.08. The second kappa shape index (κ2) is 9.53. The fraction of sp³-hybridized carbons (Fsp3) is 1.00. The van der Waals surface area contributed by atoms with Crippen LogP contribution in [-0.4, -0.2) is 36.5 Å². The van der Waals surface area contributed by atoms with E-state index in [1.54, 1.807) is 0 Å². The number of rotatable bonds is 8. The molecule has 0 aromatic carbocycles. The summed E-state index contributed by atoms with van der Waals surface area (Å²) in [7, 11) is 0. The molecule has 1 fully saturated rings. The number of hydrogen-bond acceptors (Lipinski definition) is 2. The third-order valence-electron chi connectivity index (χ3n) is 3.27. The molecule has 0 amide bonds. The zero-order valence-corrected chi connectivity index (χ0v) is 11.2. The Balaban J connectivity index is 1.79. The van der Waals surface area contributed by atoms with Crippen molar-refractivity contribution in [2.45, 2.75) is 51.4 Å². The van der Waals surface area contributed by atoms with E-state index in [4.69, 9.17) is 0 Å². The van der Waals surface area contributed by atoms with Crippen LogP contribution >= 0.6 is 11.8 Å². The number of likely N-dealkylation sites (tertiary alicyclic amines) is 1. The summed E-state index contributed by atoms with van der Waals surface area (Å²) in [5.74, 6) is 1.35. The Morgan fingerprint density at radius 2 is 1.53 bits per heavy atom. The van der Waals surface area contributed by atoms with Gasteiger partial charge in [-0.1, -0.05) is 25.7 Å². The van der Waals surface area contributed by atoms with Gasteiger partial charge in [-0.15, -0.1) is 0 Å². The molecule has 90 valence electrons. The number of thioether (sulfide) groups is 1. The summed E-state index contributed by atoms with van der Waals surface area (Å²) >= 11 is 1.98. The van der Waals surface area contributed by atoms with Crippen molar-refractivity contribution in [3.8, 4) is 0 Å². The molecule has 0 saturated carbocycles. The monoisotopic (exact) mass is 229 g/mol. The summed E-state index contributed by atoms with van der Waals surface area (Å²) in [6, 6.07) is 0. The summed E-state index contributed by atoms with van der Waals surface area (Å²) in [5, 5.41) is 0. The lowest BCUT2D eigenvalue weighted by Gasteiger charge is -2.26. The Hall–Kier alpha value is 0.310. The molecule has 1 nitrogen and oxygen atoms in total. The van der Waals surface area contributed by atoms with Gasteiger partial charge in [0.25, 0.3) is 0 Å². The minimum absolute atomic E-state index is 1.35. The molecule has 0 bridgehead atoms. The molecule has 1 rings (SSSR count). The summed E-state index contributed by atoms with van der Waals surface area (Å²) < 4.78 is 0. The van der Waals surface area contributed by atoms with Gasteiger partial charge in [-0.05, 0) is 57.3 Å². The fourth-order valence-electron chi connectivity index (χ4n) is 2.30. The Morgan fingerprint density at radius 3 is 2.27 bits per heavy atom. The quantitative estimate of drug-likeness (QED) is 0.583. The van der Waals surface area contributed by atoms with E-state index < -0.39 is 0 Å². The lowest BCUT2D eigenvalue weighted by atomic mass is 10.1. The van der Waals surface area contributed by atoms with Crippen LogP contribution in [0.5, 0.6) is 0 Å². The summed E-state index contributed by atoms with van der Waals surface area (Å²) in [5.41, 5.74) is 0. The van der Waals surface area contributed by atoms with Gasteiger partial charge in [0.1, 0.15) is 0 Å². The fourth-order valence-corrected chi connectivity index (χ4v) is 2.79. The predicted molar refractivity (Wildman–Crippen MR) is 71.8 cm³/mol. The van der Waals surface area contributed by atoms with Gasteiger partial charge >= 0.3 is 0 Å². The molecule has 0 aromatic heterocycles. The van der Waals surface area contributed by atoms with Crippen LogP contribution in [0.25, 0.3) is 0 Å². The Bertz CT molecular complexity index is 132. The van der Waals surface area contributed by atoms with Crippen molar-refractivity contribution < 1.29 is 0 Å². The lowest BCUT2D eigenvalue weighted by Crippen LogP contribution is -2.30. The van der Waals surface area contributed by atoms with Crippen LogP contribution in [0.4, 0.5) is 0 Å². The smallest absolute Gasteiger partial charge is 0.00187 e. The van der Waals surface area contributed by atoms with Crippen molar-refractivity contribution in [1.29, 1.82) is 0 Å². The zero-order chi connectivity index (χ0) is 10.8. The highest BCUT2D eigenvalue weighted by atomic mass is 32.2. The molecule has 0 atom stereocenters. The lowest BCUT2D eigenvalue weighted by molar-refractivity contribution is 0.224. The van der Waals surface area contributed by atoms with Gasteiger partial charge in [-0.25, -0.2) is 0 Å². The van der Waals surface area contributed by atoms with E-state index in [2.05, 4.69) is 11.2 Å². The molecule has 1 saturated heterocycles. The normalized spacial score (nSPS) is 18.2. The molecule has 1 aliphatic rings. The maximum Gasteiger partial charge on any atom is -0.00187 e. The molecule has 2 heteroatoms. The van der Waals surface area contributed by atoms with Crippen molar-refractivity contribution in [2.24, 2.45) is 0 Å². The SMILES string of the molecule is CSCCCCCCCN1CCCCC1. The van der Waals surface area contributed by atoms with E-state index in [0.29, 0.717) is 0 Å². The minimum Gasteiger partial charge on any atom is -0.303 e. The highest BCUT2D eigenvalue weighted by Crippen LogP contribution is 2.11. The van der Waals surface area contributed by atoms with Gasteiger partial charge in [0.05, 0.1) is 0 Å².